The van der Waals surface area contributed by atoms with Crippen molar-refractivity contribution in [1.29, 1.82) is 0 Å². The van der Waals surface area contributed by atoms with Gasteiger partial charge in [0.25, 0.3) is 0 Å². The standard InChI is InChI=1S/C48H33N2.C21H27FNSi.Ir/c1-48(2)42-24-14-13-21-38(42)41-29-34(26-28-43(41)48)47-49-45-39-22-11-9-19-36(39)37-20-10-12-23-40(37)46(45)50(47)44-30-33(31-15-5-3-6-16-31)25-27-35(44)32-17-7-4-8-18-32;1-24(2,3)21-15-23-20(17-9-11-19(22)12-10-17)14-18(21)13-16-7-5-4-6-8-16;/h3-25,27-30H,1-2H3;9,11-12,14-16H,4-8,13H2,1-3H3;/q2*-1;/i;13D2;. The number of nitrogens with zero attached hydrogens (tertiary/aromatic N) is 3. The first-order valence-electron chi connectivity index (χ1n) is 27.2. The van der Waals surface area contributed by atoms with Crippen molar-refractivity contribution in [2.75, 3.05) is 0 Å². The molecule has 6 heteroatoms. The Morgan fingerprint density at radius 2 is 1.25 bits per heavy atom. The first kappa shape index (κ1) is 47.6. The summed E-state index contributed by atoms with van der Waals surface area (Å²) in [6.07, 6.45) is 5.80. The number of fused-ring (bicyclic) bond motifs is 9. The summed E-state index contributed by atoms with van der Waals surface area (Å²) in [6.45, 7) is 11.3. The zero-order valence-electron chi connectivity index (χ0n) is 45.1. The number of imidazole rings is 1. The Bertz CT molecular complexity index is 3970. The second-order valence-corrected chi connectivity index (χ2v) is 26.7. The van der Waals surface area contributed by atoms with Gasteiger partial charge in [0.2, 0.25) is 0 Å². The van der Waals surface area contributed by atoms with E-state index in [1.54, 1.807) is 6.07 Å². The summed E-state index contributed by atoms with van der Waals surface area (Å²) in [4.78, 5) is 10.2. The molecule has 13 rings (SSSR count). The van der Waals surface area contributed by atoms with E-state index in [-0.39, 0.29) is 37.3 Å². The molecule has 2 aliphatic rings. The molecule has 0 amide bonds. The fourth-order valence-electron chi connectivity index (χ4n) is 11.6. The minimum atomic E-state index is -1.76. The molecule has 11 aromatic rings. The van der Waals surface area contributed by atoms with Gasteiger partial charge in [-0.05, 0) is 73.2 Å². The van der Waals surface area contributed by atoms with Gasteiger partial charge in [-0.1, -0.05) is 228 Å². The SMILES string of the molecule is CC1(C)c2c[c-]c(-c3nc4c5ccccc5c5ccccc5c4n3-c3cc(-c4ccccc4)ccc3-c3ccccc3)cc2-c2ccccc21.[2H]C([2H])(c1cc(-c2[c-]cc(F)cc2)ncc1[Si](C)(C)C)C1CCCCC1.[Ir]. The van der Waals surface area contributed by atoms with E-state index in [1.165, 1.54) is 62.5 Å². The zero-order valence-corrected chi connectivity index (χ0v) is 46.5. The predicted molar refractivity (Wildman–Crippen MR) is 311 cm³/mol. The summed E-state index contributed by atoms with van der Waals surface area (Å²) in [6, 6.07) is 72.0. The molecule has 0 unspecified atom stereocenters. The number of aromatic nitrogens is 3. The van der Waals surface area contributed by atoms with E-state index in [9.17, 15) is 4.39 Å². The van der Waals surface area contributed by atoms with E-state index in [1.807, 2.05) is 12.3 Å². The Balaban J connectivity index is 0.000000198. The Morgan fingerprint density at radius 1 is 0.613 bits per heavy atom. The van der Waals surface area contributed by atoms with Crippen molar-refractivity contribution in [2.45, 2.75) is 77.4 Å². The van der Waals surface area contributed by atoms with Crippen LogP contribution in [0.2, 0.25) is 19.6 Å². The number of halogens is 1. The maximum atomic E-state index is 13.2. The van der Waals surface area contributed by atoms with Crippen molar-refractivity contribution < 1.29 is 27.2 Å². The summed E-state index contributed by atoms with van der Waals surface area (Å²) < 4.78 is 33.6. The number of rotatable bonds is 8. The van der Waals surface area contributed by atoms with Gasteiger partial charge < -0.3 is 9.55 Å². The molecule has 0 aliphatic heterocycles. The fourth-order valence-corrected chi connectivity index (χ4v) is 13.0. The van der Waals surface area contributed by atoms with Crippen LogP contribution < -0.4 is 5.19 Å². The molecule has 75 heavy (non-hydrogen) atoms. The molecular weight excluding hydrogens is 1110 g/mol. The van der Waals surface area contributed by atoms with Crippen LogP contribution in [-0.2, 0) is 31.9 Å². The van der Waals surface area contributed by atoms with Crippen molar-refractivity contribution in [3.63, 3.8) is 0 Å². The summed E-state index contributed by atoms with van der Waals surface area (Å²) >= 11 is 0. The van der Waals surface area contributed by atoms with E-state index in [0.29, 0.717) is 11.3 Å². The van der Waals surface area contributed by atoms with Gasteiger partial charge in [0.1, 0.15) is 0 Å². The fraction of sp³-hybridized carbons (Fsp3) is 0.188. The second kappa shape index (κ2) is 20.6. The number of hydrogen-bond donors (Lipinski definition) is 0. The van der Waals surface area contributed by atoms with E-state index in [0.717, 1.165) is 86.6 Å². The van der Waals surface area contributed by atoms with Gasteiger partial charge in [-0.3, -0.25) is 9.37 Å². The molecule has 0 bridgehead atoms. The Labute approximate surface area is 458 Å². The number of hydrogen-bond acceptors (Lipinski definition) is 2. The summed E-state index contributed by atoms with van der Waals surface area (Å²) in [7, 11) is -1.76. The Kier molecular flexibility index (Phi) is 13.1. The maximum Gasteiger partial charge on any atom is 0.0859 e. The van der Waals surface area contributed by atoms with E-state index in [2.05, 4.69) is 219 Å². The largest absolute Gasteiger partial charge is 0.332 e. The average Bonchev–Trinajstić information content (AvgIpc) is 4.15. The molecule has 1 saturated carbocycles. The minimum Gasteiger partial charge on any atom is -0.332 e. The van der Waals surface area contributed by atoms with E-state index < -0.39 is 14.4 Å². The molecule has 3 nitrogen and oxygen atoms in total. The van der Waals surface area contributed by atoms with E-state index in [4.69, 9.17) is 7.73 Å². The smallest absolute Gasteiger partial charge is 0.0859 e. The van der Waals surface area contributed by atoms with Gasteiger partial charge in [-0.2, -0.15) is 0 Å². The van der Waals surface area contributed by atoms with Gasteiger partial charge in [-0.25, -0.2) is 0 Å². The molecule has 0 saturated heterocycles. The first-order chi connectivity index (χ1) is 36.8. The van der Waals surface area contributed by atoms with Gasteiger partial charge in [-0.15, -0.1) is 59.2 Å². The van der Waals surface area contributed by atoms with Crippen LogP contribution in [0, 0.1) is 23.9 Å². The quantitative estimate of drug-likeness (QED) is 0.0862. The molecule has 1 radical (unpaired) electrons. The third-order valence-corrected chi connectivity index (χ3v) is 17.5. The molecule has 9 aromatic carbocycles. The second-order valence-electron chi connectivity index (χ2n) is 21.6. The van der Waals surface area contributed by atoms with Crippen LogP contribution in [0.4, 0.5) is 4.39 Å². The molecular formula is C69H60FIrN3Si-2. The minimum absolute atomic E-state index is 0. The summed E-state index contributed by atoms with van der Waals surface area (Å²) in [5.74, 6) is 0.609. The third-order valence-electron chi connectivity index (χ3n) is 15.4. The van der Waals surface area contributed by atoms with Gasteiger partial charge in [0.05, 0.1) is 24.9 Å². The molecule has 0 N–H and O–H groups in total. The molecule has 2 aliphatic carbocycles. The van der Waals surface area contributed by atoms with E-state index >= 15 is 0 Å². The van der Waals surface area contributed by atoms with Crippen molar-refractivity contribution in [3.8, 4) is 61.7 Å². The van der Waals surface area contributed by atoms with Crippen molar-refractivity contribution in [3.05, 3.63) is 229 Å². The normalized spacial score (nSPS) is 14.6. The van der Waals surface area contributed by atoms with Gasteiger partial charge in [0.15, 0.2) is 0 Å². The third kappa shape index (κ3) is 9.43. The van der Waals surface area contributed by atoms with Gasteiger partial charge in [0, 0.05) is 56.9 Å². The average molecular weight is 1170 g/mol. The van der Waals surface area contributed by atoms with Crippen LogP contribution in [0.5, 0.6) is 0 Å². The van der Waals surface area contributed by atoms with Crippen molar-refractivity contribution in [1.82, 2.24) is 14.5 Å². The molecule has 0 atom stereocenters. The molecule has 0 spiro atoms. The summed E-state index contributed by atoms with van der Waals surface area (Å²) in [5.41, 5.74) is 16.1. The Hall–Kier alpha value is -7.08. The number of benzene rings is 9. The first-order valence-corrected chi connectivity index (χ1v) is 29.7. The monoisotopic (exact) mass is 1170 g/mol. The van der Waals surface area contributed by atoms with Crippen LogP contribution in [0.25, 0.3) is 94.3 Å². The van der Waals surface area contributed by atoms with Crippen LogP contribution in [0.15, 0.2) is 194 Å². The van der Waals surface area contributed by atoms with Crippen LogP contribution in [0.1, 0.15) is 65.4 Å². The zero-order chi connectivity index (χ0) is 52.3. The predicted octanol–water partition coefficient (Wildman–Crippen LogP) is 17.8. The van der Waals surface area contributed by atoms with Crippen LogP contribution in [-0.4, -0.2) is 22.6 Å². The Morgan fingerprint density at radius 3 is 1.96 bits per heavy atom. The van der Waals surface area contributed by atoms with Crippen molar-refractivity contribution >= 4 is 45.8 Å². The summed E-state index contributed by atoms with van der Waals surface area (Å²) in [5, 5.41) is 5.84. The van der Waals surface area contributed by atoms with Crippen LogP contribution >= 0.6 is 0 Å². The van der Waals surface area contributed by atoms with Crippen molar-refractivity contribution in [2.24, 2.45) is 5.92 Å². The number of pyridine rings is 1. The molecule has 2 heterocycles. The van der Waals surface area contributed by atoms with Crippen LogP contribution in [0.3, 0.4) is 0 Å². The topological polar surface area (TPSA) is 30.7 Å². The van der Waals surface area contributed by atoms with Gasteiger partial charge >= 0.3 is 0 Å². The molecule has 373 valence electrons. The maximum absolute atomic E-state index is 13.2. The molecule has 2 aromatic heterocycles. The molecule has 1 fully saturated rings.